The molecular formula is C35H51N3O6. The minimum atomic E-state index is -0.899. The first-order valence-electron chi connectivity index (χ1n) is 15.5. The van der Waals surface area contributed by atoms with Gasteiger partial charge in [-0.15, -0.1) is 0 Å². The lowest BCUT2D eigenvalue weighted by Crippen LogP contribution is -2.57. The molecule has 2 N–H and O–H groups in total. The van der Waals surface area contributed by atoms with Crippen LogP contribution in [0.1, 0.15) is 72.4 Å². The summed E-state index contributed by atoms with van der Waals surface area (Å²) in [6.07, 6.45) is 1.07. The van der Waals surface area contributed by atoms with Gasteiger partial charge >= 0.3 is 17.9 Å². The average molecular weight is 610 g/mol. The van der Waals surface area contributed by atoms with Crippen LogP contribution in [-0.2, 0) is 41.6 Å². The zero-order chi connectivity index (χ0) is 32.5. The average Bonchev–Trinajstić information content (AvgIpc) is 3.07. The Labute approximate surface area is 263 Å². The smallest absolute Gasteiger partial charge is 0.324 e. The summed E-state index contributed by atoms with van der Waals surface area (Å²) in [5.41, 5.74) is 6.65. The van der Waals surface area contributed by atoms with Crippen molar-refractivity contribution in [2.75, 3.05) is 26.2 Å². The molecular weight excluding hydrogens is 558 g/mol. The quantitative estimate of drug-likeness (QED) is 0.291. The second-order valence-corrected chi connectivity index (χ2v) is 14.1. The van der Waals surface area contributed by atoms with Crippen LogP contribution in [0.2, 0.25) is 0 Å². The summed E-state index contributed by atoms with van der Waals surface area (Å²) in [4.78, 5) is 44.1. The second kappa shape index (κ2) is 15.1. The number of esters is 3. The maximum absolute atomic E-state index is 13.6. The van der Waals surface area contributed by atoms with Crippen molar-refractivity contribution in [2.45, 2.75) is 103 Å². The van der Waals surface area contributed by atoms with Crippen molar-refractivity contribution in [1.82, 2.24) is 9.80 Å². The highest BCUT2D eigenvalue weighted by Gasteiger charge is 2.41. The molecule has 242 valence electrons. The lowest BCUT2D eigenvalue weighted by molar-refractivity contribution is -0.166. The molecule has 0 saturated carbocycles. The molecule has 1 fully saturated rings. The Bertz CT molecular complexity index is 1220. The van der Waals surface area contributed by atoms with Gasteiger partial charge in [0.2, 0.25) is 0 Å². The zero-order valence-corrected chi connectivity index (χ0v) is 27.5. The van der Waals surface area contributed by atoms with Crippen LogP contribution in [0.3, 0.4) is 0 Å². The molecule has 9 nitrogen and oxygen atoms in total. The third-order valence-corrected chi connectivity index (χ3v) is 7.19. The van der Waals surface area contributed by atoms with Crippen LogP contribution in [0.5, 0.6) is 0 Å². The van der Waals surface area contributed by atoms with Crippen LogP contribution in [0.15, 0.2) is 60.7 Å². The molecule has 2 aromatic rings. The minimum Gasteiger partial charge on any atom is -0.461 e. The highest BCUT2D eigenvalue weighted by Crippen LogP contribution is 2.24. The Morgan fingerprint density at radius 1 is 0.773 bits per heavy atom. The van der Waals surface area contributed by atoms with Crippen molar-refractivity contribution in [3.63, 3.8) is 0 Å². The molecule has 1 aliphatic heterocycles. The van der Waals surface area contributed by atoms with E-state index >= 15 is 0 Å². The van der Waals surface area contributed by atoms with Crippen LogP contribution < -0.4 is 5.73 Å². The summed E-state index contributed by atoms with van der Waals surface area (Å²) >= 11 is 0. The second-order valence-electron chi connectivity index (χ2n) is 14.1. The van der Waals surface area contributed by atoms with Gasteiger partial charge in [0.05, 0.1) is 6.42 Å². The highest BCUT2D eigenvalue weighted by molar-refractivity contribution is 5.83. The molecule has 1 saturated heterocycles. The van der Waals surface area contributed by atoms with E-state index in [4.69, 9.17) is 19.9 Å². The number of nitrogens with zero attached hydrogens (tertiary/aromatic N) is 2. The molecule has 3 rings (SSSR count). The summed E-state index contributed by atoms with van der Waals surface area (Å²) in [5, 5.41) is 0. The van der Waals surface area contributed by atoms with Crippen molar-refractivity contribution in [1.29, 1.82) is 0 Å². The molecule has 0 amide bonds. The molecule has 0 aromatic heterocycles. The SMILES string of the molecule is CC1(N)CN(C(CCc2ccccc2)C(=O)OC(C)(C)C)CCN(C(CC(=O)OCc2ccccc2)C(=O)OC(C)(C)C)C1. The Hall–Kier alpha value is -3.27. The number of carbonyl (C=O) groups excluding carboxylic acids is 3. The van der Waals surface area contributed by atoms with Gasteiger partial charge in [-0.3, -0.25) is 24.2 Å². The number of nitrogens with two attached hydrogens (primary N) is 1. The van der Waals surface area contributed by atoms with E-state index < -0.39 is 40.8 Å². The Morgan fingerprint density at radius 2 is 1.23 bits per heavy atom. The number of rotatable bonds is 11. The van der Waals surface area contributed by atoms with E-state index in [9.17, 15) is 14.4 Å². The number of hydrogen-bond acceptors (Lipinski definition) is 9. The van der Waals surface area contributed by atoms with E-state index in [-0.39, 0.29) is 19.0 Å². The number of aryl methyl sites for hydroxylation is 1. The molecule has 9 heteroatoms. The summed E-state index contributed by atoms with van der Waals surface area (Å²) in [6, 6.07) is 18.0. The molecule has 2 aromatic carbocycles. The molecule has 1 heterocycles. The summed E-state index contributed by atoms with van der Waals surface area (Å²) in [5.74, 6) is -1.31. The minimum absolute atomic E-state index is 0.113. The van der Waals surface area contributed by atoms with Crippen LogP contribution in [-0.4, -0.2) is 82.7 Å². The third kappa shape index (κ3) is 12.0. The van der Waals surface area contributed by atoms with Gasteiger partial charge < -0.3 is 19.9 Å². The first kappa shape index (κ1) is 35.2. The van der Waals surface area contributed by atoms with Crippen LogP contribution in [0.25, 0.3) is 0 Å². The van der Waals surface area contributed by atoms with Crippen molar-refractivity contribution < 1.29 is 28.6 Å². The fourth-order valence-electron chi connectivity index (χ4n) is 5.38. The molecule has 44 heavy (non-hydrogen) atoms. The molecule has 0 bridgehead atoms. The predicted octanol–water partition coefficient (Wildman–Crippen LogP) is 4.51. The van der Waals surface area contributed by atoms with Gasteiger partial charge in [-0.1, -0.05) is 60.7 Å². The largest absolute Gasteiger partial charge is 0.461 e. The maximum Gasteiger partial charge on any atom is 0.324 e. The number of benzene rings is 2. The van der Waals surface area contributed by atoms with Crippen molar-refractivity contribution >= 4 is 17.9 Å². The monoisotopic (exact) mass is 609 g/mol. The van der Waals surface area contributed by atoms with Crippen molar-refractivity contribution in [3.8, 4) is 0 Å². The van der Waals surface area contributed by atoms with Gasteiger partial charge in [0.1, 0.15) is 29.9 Å². The highest BCUT2D eigenvalue weighted by atomic mass is 16.6. The molecule has 0 spiro atoms. The standard InChI is InChI=1S/C35H51N3O6/c1-33(2,3)43-31(40)28(19-18-26-14-10-8-11-15-26)37-20-21-38(25-35(7,36)24-37)29(32(41)44-34(4,5)6)22-30(39)42-23-27-16-12-9-13-17-27/h8-17,28-29H,18-25,36H2,1-7H3. The Morgan fingerprint density at radius 3 is 1.73 bits per heavy atom. The Balaban J connectivity index is 1.82. The lowest BCUT2D eigenvalue weighted by atomic mass is 9.99. The number of hydrogen-bond donors (Lipinski definition) is 1. The van der Waals surface area contributed by atoms with Crippen LogP contribution >= 0.6 is 0 Å². The fraction of sp³-hybridized carbons (Fsp3) is 0.571. The van der Waals surface area contributed by atoms with Crippen molar-refractivity contribution in [3.05, 3.63) is 71.8 Å². The maximum atomic E-state index is 13.6. The lowest BCUT2D eigenvalue weighted by Gasteiger charge is -2.36. The van der Waals surface area contributed by atoms with Gasteiger partial charge in [0.25, 0.3) is 0 Å². The van der Waals surface area contributed by atoms with E-state index in [1.165, 1.54) is 0 Å². The van der Waals surface area contributed by atoms with Crippen molar-refractivity contribution in [2.24, 2.45) is 5.73 Å². The topological polar surface area (TPSA) is 111 Å². The third-order valence-electron chi connectivity index (χ3n) is 7.19. The fourth-order valence-corrected chi connectivity index (χ4v) is 5.38. The normalized spacial score (nSPS) is 19.8. The molecule has 1 aliphatic rings. The Kier molecular flexibility index (Phi) is 12.1. The van der Waals surface area contributed by atoms with Gasteiger partial charge in [-0.25, -0.2) is 0 Å². The molecule has 0 radical (unpaired) electrons. The summed E-state index contributed by atoms with van der Waals surface area (Å²) < 4.78 is 17.2. The molecule has 3 atom stereocenters. The summed E-state index contributed by atoms with van der Waals surface area (Å²) in [6.45, 7) is 14.6. The van der Waals surface area contributed by atoms with E-state index in [1.807, 2.05) is 93.3 Å². The van der Waals surface area contributed by atoms with Gasteiger partial charge in [-0.05, 0) is 72.4 Å². The van der Waals surface area contributed by atoms with Gasteiger partial charge in [0.15, 0.2) is 0 Å². The first-order valence-corrected chi connectivity index (χ1v) is 15.5. The van der Waals surface area contributed by atoms with E-state index in [0.29, 0.717) is 39.0 Å². The van der Waals surface area contributed by atoms with E-state index in [0.717, 1.165) is 11.1 Å². The van der Waals surface area contributed by atoms with Crippen LogP contribution in [0, 0.1) is 0 Å². The summed E-state index contributed by atoms with van der Waals surface area (Å²) in [7, 11) is 0. The van der Waals surface area contributed by atoms with E-state index in [1.54, 1.807) is 20.8 Å². The molecule has 3 unspecified atom stereocenters. The first-order chi connectivity index (χ1) is 20.5. The van der Waals surface area contributed by atoms with Gasteiger partial charge in [-0.2, -0.15) is 0 Å². The number of carbonyl (C=O) groups is 3. The number of ether oxygens (including phenoxy) is 3. The van der Waals surface area contributed by atoms with Gasteiger partial charge in [0, 0.05) is 31.7 Å². The predicted molar refractivity (Wildman–Crippen MR) is 171 cm³/mol. The van der Waals surface area contributed by atoms with Crippen LogP contribution in [0.4, 0.5) is 0 Å². The van der Waals surface area contributed by atoms with E-state index in [2.05, 4.69) is 4.90 Å². The zero-order valence-electron chi connectivity index (χ0n) is 27.5. The molecule has 0 aliphatic carbocycles.